The summed E-state index contributed by atoms with van der Waals surface area (Å²) in [6, 6.07) is 19.8. The smallest absolute Gasteiger partial charge is 0.282 e. The first-order chi connectivity index (χ1) is 15.2. The number of amides is 2. The first kappa shape index (κ1) is 21.8. The number of nitrogens with one attached hydrogen (secondary N) is 1. The van der Waals surface area contributed by atoms with Gasteiger partial charge in [-0.3, -0.25) is 9.59 Å². The Labute approximate surface area is 191 Å². The first-order valence-electron chi connectivity index (χ1n) is 10.2. The Morgan fingerprint density at radius 2 is 1.47 bits per heavy atom. The molecular formula is C26H22ClFN2O2. The second-order valence-electron chi connectivity index (χ2n) is 8.61. The standard InChI is InChI=1S/C26H22ClFN2O2/c1-26(2,3)17-10-14-19(15-11-17)29-23-22(16-8-12-18(28)13-9-16)24(31)30(25(23)32)21-7-5-4-6-20(21)27/h4-15,29H,1-3H3. The highest BCUT2D eigenvalue weighted by Crippen LogP contribution is 2.37. The maximum Gasteiger partial charge on any atom is 0.282 e. The van der Waals surface area contributed by atoms with E-state index in [1.165, 1.54) is 24.3 Å². The van der Waals surface area contributed by atoms with E-state index in [2.05, 4.69) is 26.1 Å². The van der Waals surface area contributed by atoms with Crippen LogP contribution in [0.15, 0.2) is 78.5 Å². The van der Waals surface area contributed by atoms with Crippen LogP contribution in [-0.4, -0.2) is 11.8 Å². The maximum atomic E-state index is 13.5. The normalized spacial score (nSPS) is 14.3. The van der Waals surface area contributed by atoms with Gasteiger partial charge in [0.05, 0.1) is 16.3 Å². The Kier molecular flexibility index (Phi) is 5.61. The second kappa shape index (κ2) is 8.24. The number of imide groups is 1. The van der Waals surface area contributed by atoms with Crippen LogP contribution >= 0.6 is 11.6 Å². The van der Waals surface area contributed by atoms with Crippen LogP contribution in [-0.2, 0) is 15.0 Å². The van der Waals surface area contributed by atoms with Gasteiger partial charge in [0.1, 0.15) is 11.5 Å². The van der Waals surface area contributed by atoms with E-state index in [1.54, 1.807) is 24.3 Å². The zero-order valence-electron chi connectivity index (χ0n) is 17.9. The fourth-order valence-corrected chi connectivity index (χ4v) is 3.80. The minimum Gasteiger partial charge on any atom is -0.350 e. The van der Waals surface area contributed by atoms with Crippen molar-refractivity contribution >= 4 is 40.4 Å². The van der Waals surface area contributed by atoms with E-state index in [0.717, 1.165) is 10.5 Å². The lowest BCUT2D eigenvalue weighted by atomic mass is 9.87. The number of nitrogens with zero attached hydrogens (tertiary/aromatic N) is 1. The molecule has 0 aliphatic carbocycles. The van der Waals surface area contributed by atoms with Crippen molar-refractivity contribution in [3.63, 3.8) is 0 Å². The van der Waals surface area contributed by atoms with Gasteiger partial charge in [0.15, 0.2) is 0 Å². The number of rotatable bonds is 4. The largest absolute Gasteiger partial charge is 0.350 e. The summed E-state index contributed by atoms with van der Waals surface area (Å²) < 4.78 is 13.5. The van der Waals surface area contributed by atoms with E-state index in [9.17, 15) is 14.0 Å². The summed E-state index contributed by atoms with van der Waals surface area (Å²) in [6.45, 7) is 6.35. The summed E-state index contributed by atoms with van der Waals surface area (Å²) in [6.07, 6.45) is 0. The van der Waals surface area contributed by atoms with Gasteiger partial charge < -0.3 is 5.32 Å². The average Bonchev–Trinajstić information content (AvgIpc) is 2.99. The van der Waals surface area contributed by atoms with E-state index in [0.29, 0.717) is 16.9 Å². The number of benzene rings is 3. The zero-order valence-corrected chi connectivity index (χ0v) is 18.7. The van der Waals surface area contributed by atoms with Crippen molar-refractivity contribution in [2.45, 2.75) is 26.2 Å². The van der Waals surface area contributed by atoms with Crippen molar-refractivity contribution < 1.29 is 14.0 Å². The van der Waals surface area contributed by atoms with Gasteiger partial charge in [-0.05, 0) is 52.9 Å². The molecular weight excluding hydrogens is 427 g/mol. The summed E-state index contributed by atoms with van der Waals surface area (Å²) in [7, 11) is 0. The van der Waals surface area contributed by atoms with Crippen LogP contribution in [0.25, 0.3) is 5.57 Å². The van der Waals surface area contributed by atoms with Crippen molar-refractivity contribution in [1.29, 1.82) is 0 Å². The van der Waals surface area contributed by atoms with Crippen molar-refractivity contribution in [3.8, 4) is 0 Å². The maximum absolute atomic E-state index is 13.5. The van der Waals surface area contributed by atoms with Crippen LogP contribution in [0.5, 0.6) is 0 Å². The van der Waals surface area contributed by atoms with Gasteiger partial charge in [-0.1, -0.05) is 68.8 Å². The van der Waals surface area contributed by atoms with Crippen LogP contribution in [0.3, 0.4) is 0 Å². The van der Waals surface area contributed by atoms with Crippen molar-refractivity contribution in [2.24, 2.45) is 0 Å². The summed E-state index contributed by atoms with van der Waals surface area (Å²) in [5.74, 6) is -1.48. The van der Waals surface area contributed by atoms with Gasteiger partial charge in [-0.25, -0.2) is 9.29 Å². The van der Waals surface area contributed by atoms with Crippen LogP contribution in [0.4, 0.5) is 15.8 Å². The summed E-state index contributed by atoms with van der Waals surface area (Å²) >= 11 is 6.28. The highest BCUT2D eigenvalue weighted by molar-refractivity contribution is 6.48. The monoisotopic (exact) mass is 448 g/mol. The third-order valence-electron chi connectivity index (χ3n) is 5.33. The van der Waals surface area contributed by atoms with Gasteiger partial charge >= 0.3 is 0 Å². The molecule has 0 saturated carbocycles. The molecule has 1 aliphatic heterocycles. The van der Waals surface area contributed by atoms with E-state index in [4.69, 9.17) is 11.6 Å². The minimum atomic E-state index is -0.526. The lowest BCUT2D eigenvalue weighted by Crippen LogP contribution is -2.32. The summed E-state index contributed by atoms with van der Waals surface area (Å²) in [5, 5.41) is 3.39. The van der Waals surface area contributed by atoms with E-state index >= 15 is 0 Å². The van der Waals surface area contributed by atoms with Crippen LogP contribution in [0, 0.1) is 5.82 Å². The van der Waals surface area contributed by atoms with E-state index in [1.807, 2.05) is 24.3 Å². The minimum absolute atomic E-state index is 0.0168. The quantitative estimate of drug-likeness (QED) is 0.485. The third kappa shape index (κ3) is 4.04. The molecule has 0 bridgehead atoms. The Morgan fingerprint density at radius 1 is 0.844 bits per heavy atom. The molecule has 0 unspecified atom stereocenters. The molecule has 0 radical (unpaired) electrons. The van der Waals surface area contributed by atoms with Gasteiger partial charge in [0.2, 0.25) is 0 Å². The number of halogens is 2. The number of hydrogen-bond donors (Lipinski definition) is 1. The molecule has 4 rings (SSSR count). The average molecular weight is 449 g/mol. The predicted molar refractivity (Wildman–Crippen MR) is 126 cm³/mol. The molecule has 1 heterocycles. The molecule has 0 spiro atoms. The molecule has 6 heteroatoms. The first-order valence-corrected chi connectivity index (χ1v) is 10.6. The lowest BCUT2D eigenvalue weighted by molar-refractivity contribution is -0.120. The molecule has 3 aromatic carbocycles. The molecule has 2 amide bonds. The molecule has 3 aromatic rings. The zero-order chi connectivity index (χ0) is 23.0. The van der Waals surface area contributed by atoms with Gasteiger partial charge in [0, 0.05) is 5.69 Å². The van der Waals surface area contributed by atoms with Crippen molar-refractivity contribution in [3.05, 3.63) is 100 Å². The molecule has 0 aromatic heterocycles. The van der Waals surface area contributed by atoms with Gasteiger partial charge in [-0.2, -0.15) is 0 Å². The number of anilines is 2. The fourth-order valence-electron chi connectivity index (χ4n) is 3.58. The summed E-state index contributed by atoms with van der Waals surface area (Å²) in [5.41, 5.74) is 2.80. The molecule has 0 saturated heterocycles. The molecule has 0 fully saturated rings. The Morgan fingerprint density at radius 3 is 2.06 bits per heavy atom. The van der Waals surface area contributed by atoms with Gasteiger partial charge in [0.25, 0.3) is 11.8 Å². The van der Waals surface area contributed by atoms with Crippen molar-refractivity contribution in [1.82, 2.24) is 0 Å². The molecule has 162 valence electrons. The Bertz CT molecular complexity index is 1230. The predicted octanol–water partition coefficient (Wildman–Crippen LogP) is 6.17. The number of hydrogen-bond acceptors (Lipinski definition) is 3. The van der Waals surface area contributed by atoms with E-state index < -0.39 is 17.6 Å². The molecule has 4 nitrogen and oxygen atoms in total. The highest BCUT2D eigenvalue weighted by Gasteiger charge is 2.41. The molecule has 1 aliphatic rings. The number of carbonyl (C=O) groups excluding carboxylic acids is 2. The Balaban J connectivity index is 1.79. The number of carbonyl (C=O) groups is 2. The third-order valence-corrected chi connectivity index (χ3v) is 5.65. The molecule has 0 atom stereocenters. The van der Waals surface area contributed by atoms with Gasteiger partial charge in [-0.15, -0.1) is 0 Å². The highest BCUT2D eigenvalue weighted by atomic mass is 35.5. The van der Waals surface area contributed by atoms with Crippen LogP contribution in [0.1, 0.15) is 31.9 Å². The van der Waals surface area contributed by atoms with E-state index in [-0.39, 0.29) is 21.7 Å². The second-order valence-corrected chi connectivity index (χ2v) is 9.01. The fraction of sp³-hybridized carbons (Fsp3) is 0.154. The summed E-state index contributed by atoms with van der Waals surface area (Å²) in [4.78, 5) is 27.8. The van der Waals surface area contributed by atoms with Crippen LogP contribution in [0.2, 0.25) is 5.02 Å². The Hall–Kier alpha value is -3.44. The SMILES string of the molecule is CC(C)(C)c1ccc(NC2=C(c3ccc(F)cc3)C(=O)N(c3ccccc3Cl)C2=O)cc1. The molecule has 1 N–H and O–H groups in total. The van der Waals surface area contributed by atoms with Crippen molar-refractivity contribution in [2.75, 3.05) is 10.2 Å². The van der Waals surface area contributed by atoms with Crippen LogP contribution < -0.4 is 10.2 Å². The number of para-hydroxylation sites is 1. The molecule has 32 heavy (non-hydrogen) atoms. The lowest BCUT2D eigenvalue weighted by Gasteiger charge is -2.19. The topological polar surface area (TPSA) is 49.4 Å².